The lowest BCUT2D eigenvalue weighted by Crippen LogP contribution is -2.18. The van der Waals surface area contributed by atoms with Crippen LogP contribution in [0.5, 0.6) is 0 Å². The molecule has 0 spiro atoms. The third kappa shape index (κ3) is 2.84. The van der Waals surface area contributed by atoms with Gasteiger partial charge in [0.15, 0.2) is 6.23 Å². The van der Waals surface area contributed by atoms with Gasteiger partial charge in [0.05, 0.1) is 34.1 Å². The lowest BCUT2D eigenvalue weighted by molar-refractivity contribution is -0.0366. The van der Waals surface area contributed by atoms with Crippen LogP contribution in [0.4, 0.5) is 0 Å². The summed E-state index contributed by atoms with van der Waals surface area (Å²) in [7, 11) is 0. The van der Waals surface area contributed by atoms with E-state index in [1.165, 1.54) is 0 Å². The Balaban J connectivity index is 1.78. The standard InChI is InChI=1S/C17H14BrClN4O/c18-17-12(5-4-11-8-20-21-9-11)14(19)7-15-13(17)10-22-23(15)16-3-1-2-6-24-16/h7-10,16H,1-3,6H2,(H,20,21). The van der Waals surface area contributed by atoms with Crippen LogP contribution >= 0.6 is 27.5 Å². The molecule has 1 aromatic carbocycles. The molecule has 1 N–H and O–H groups in total. The first-order valence-corrected chi connectivity index (χ1v) is 8.89. The second-order valence-electron chi connectivity index (χ2n) is 5.63. The quantitative estimate of drug-likeness (QED) is 0.615. The van der Waals surface area contributed by atoms with E-state index in [-0.39, 0.29) is 6.23 Å². The van der Waals surface area contributed by atoms with Gasteiger partial charge in [-0.1, -0.05) is 23.4 Å². The van der Waals surface area contributed by atoms with Crippen LogP contribution < -0.4 is 0 Å². The minimum atomic E-state index is -0.0259. The number of fused-ring (bicyclic) bond motifs is 1. The summed E-state index contributed by atoms with van der Waals surface area (Å²) < 4.78 is 8.61. The average molecular weight is 406 g/mol. The van der Waals surface area contributed by atoms with Crippen molar-refractivity contribution in [1.29, 1.82) is 0 Å². The number of H-pyrrole nitrogens is 1. The van der Waals surface area contributed by atoms with Crippen LogP contribution in [0.2, 0.25) is 5.02 Å². The zero-order valence-corrected chi connectivity index (χ0v) is 15.1. The molecule has 0 amide bonds. The van der Waals surface area contributed by atoms with E-state index < -0.39 is 0 Å². The van der Waals surface area contributed by atoms with Crippen LogP contribution in [0.1, 0.15) is 36.6 Å². The van der Waals surface area contributed by atoms with Crippen molar-refractivity contribution in [2.24, 2.45) is 0 Å². The molecular weight excluding hydrogens is 392 g/mol. The SMILES string of the molecule is Clc1cc2c(cnn2C2CCCCO2)c(Br)c1C#Cc1cn[nH]c1. The van der Waals surface area contributed by atoms with Crippen molar-refractivity contribution >= 4 is 38.4 Å². The summed E-state index contributed by atoms with van der Waals surface area (Å²) in [4.78, 5) is 0. The Hall–Kier alpha value is -1.81. The highest BCUT2D eigenvalue weighted by Gasteiger charge is 2.20. The van der Waals surface area contributed by atoms with Crippen molar-refractivity contribution in [3.05, 3.63) is 45.3 Å². The van der Waals surface area contributed by atoms with Crippen LogP contribution in [-0.2, 0) is 4.74 Å². The van der Waals surface area contributed by atoms with Gasteiger partial charge in [-0.25, -0.2) is 4.68 Å². The molecule has 24 heavy (non-hydrogen) atoms. The van der Waals surface area contributed by atoms with E-state index >= 15 is 0 Å². The number of benzene rings is 1. The monoisotopic (exact) mass is 404 g/mol. The van der Waals surface area contributed by atoms with Crippen molar-refractivity contribution in [3.8, 4) is 11.8 Å². The molecule has 1 fully saturated rings. The fraction of sp³-hybridized carbons (Fsp3) is 0.294. The minimum absolute atomic E-state index is 0.0259. The van der Waals surface area contributed by atoms with E-state index in [1.807, 2.05) is 16.9 Å². The van der Waals surface area contributed by atoms with Crippen molar-refractivity contribution < 1.29 is 4.74 Å². The van der Waals surface area contributed by atoms with Crippen LogP contribution in [0.3, 0.4) is 0 Å². The van der Waals surface area contributed by atoms with E-state index in [1.54, 1.807) is 12.4 Å². The number of rotatable bonds is 1. The molecule has 1 aliphatic heterocycles. The minimum Gasteiger partial charge on any atom is -0.356 e. The number of ether oxygens (including phenoxy) is 1. The maximum Gasteiger partial charge on any atom is 0.150 e. The molecule has 3 aromatic rings. The van der Waals surface area contributed by atoms with Gasteiger partial charge in [-0.05, 0) is 41.3 Å². The topological polar surface area (TPSA) is 55.7 Å². The molecule has 3 heterocycles. The third-order valence-electron chi connectivity index (χ3n) is 4.05. The number of hydrogen-bond donors (Lipinski definition) is 1. The van der Waals surface area contributed by atoms with Crippen LogP contribution in [0.15, 0.2) is 29.1 Å². The maximum absolute atomic E-state index is 6.48. The van der Waals surface area contributed by atoms with Gasteiger partial charge in [0.25, 0.3) is 0 Å². The largest absolute Gasteiger partial charge is 0.356 e. The van der Waals surface area contributed by atoms with Gasteiger partial charge < -0.3 is 4.74 Å². The first-order chi connectivity index (χ1) is 11.7. The molecule has 1 unspecified atom stereocenters. The van der Waals surface area contributed by atoms with Gasteiger partial charge >= 0.3 is 0 Å². The second-order valence-corrected chi connectivity index (χ2v) is 6.83. The highest BCUT2D eigenvalue weighted by atomic mass is 79.9. The molecular formula is C17H14BrClN4O. The Morgan fingerprint density at radius 3 is 3.00 bits per heavy atom. The summed E-state index contributed by atoms with van der Waals surface area (Å²) in [6.45, 7) is 0.773. The van der Waals surface area contributed by atoms with E-state index in [9.17, 15) is 0 Å². The number of aromatic nitrogens is 4. The fourth-order valence-corrected chi connectivity index (χ4v) is 3.81. The van der Waals surface area contributed by atoms with Gasteiger partial charge in [-0.15, -0.1) is 0 Å². The first-order valence-electron chi connectivity index (χ1n) is 7.71. The van der Waals surface area contributed by atoms with Gasteiger partial charge in [0.2, 0.25) is 0 Å². The fourth-order valence-electron chi connectivity index (χ4n) is 2.83. The van der Waals surface area contributed by atoms with Crippen molar-refractivity contribution in [1.82, 2.24) is 20.0 Å². The molecule has 0 radical (unpaired) electrons. The lowest BCUT2D eigenvalue weighted by atomic mass is 10.1. The zero-order valence-electron chi connectivity index (χ0n) is 12.7. The van der Waals surface area contributed by atoms with Gasteiger partial charge in [0, 0.05) is 22.7 Å². The molecule has 0 saturated carbocycles. The molecule has 0 aliphatic carbocycles. The average Bonchev–Trinajstić information content (AvgIpc) is 3.25. The summed E-state index contributed by atoms with van der Waals surface area (Å²) in [5.74, 6) is 6.15. The summed E-state index contributed by atoms with van der Waals surface area (Å²) in [6.07, 6.45) is 8.44. The number of halogens is 2. The zero-order chi connectivity index (χ0) is 16.5. The summed E-state index contributed by atoms with van der Waals surface area (Å²) >= 11 is 10.1. The predicted octanol–water partition coefficient (Wildman–Crippen LogP) is 4.27. The highest BCUT2D eigenvalue weighted by Crippen LogP contribution is 2.35. The number of hydrogen-bond acceptors (Lipinski definition) is 3. The van der Waals surface area contributed by atoms with Crippen LogP contribution in [0.25, 0.3) is 10.9 Å². The Morgan fingerprint density at radius 2 is 2.25 bits per heavy atom. The van der Waals surface area contributed by atoms with Crippen LogP contribution in [-0.4, -0.2) is 26.6 Å². The summed E-state index contributed by atoms with van der Waals surface area (Å²) in [5, 5.41) is 12.7. The van der Waals surface area contributed by atoms with Gasteiger partial charge in [-0.3, -0.25) is 5.10 Å². The molecule has 4 rings (SSSR count). The molecule has 0 bridgehead atoms. The predicted molar refractivity (Wildman–Crippen MR) is 95.9 cm³/mol. The Labute approximate surface area is 152 Å². The summed E-state index contributed by atoms with van der Waals surface area (Å²) in [5.41, 5.74) is 2.51. The lowest BCUT2D eigenvalue weighted by Gasteiger charge is -2.23. The number of nitrogens with one attached hydrogen (secondary N) is 1. The molecule has 1 aliphatic rings. The molecule has 122 valence electrons. The highest BCUT2D eigenvalue weighted by molar-refractivity contribution is 9.10. The molecule has 5 nitrogen and oxygen atoms in total. The second kappa shape index (κ2) is 6.60. The van der Waals surface area contributed by atoms with Crippen molar-refractivity contribution in [3.63, 3.8) is 0 Å². The first kappa shape index (κ1) is 15.7. The van der Waals surface area contributed by atoms with Crippen molar-refractivity contribution in [2.45, 2.75) is 25.5 Å². The van der Waals surface area contributed by atoms with E-state index in [4.69, 9.17) is 16.3 Å². The normalized spacial score (nSPS) is 17.7. The molecule has 7 heteroatoms. The number of aromatic amines is 1. The molecule has 2 aromatic heterocycles. The Morgan fingerprint density at radius 1 is 1.33 bits per heavy atom. The van der Waals surface area contributed by atoms with E-state index in [0.29, 0.717) is 5.02 Å². The number of nitrogens with zero attached hydrogens (tertiary/aromatic N) is 3. The van der Waals surface area contributed by atoms with E-state index in [0.717, 1.165) is 52.4 Å². The van der Waals surface area contributed by atoms with Crippen LogP contribution in [0, 0.1) is 11.8 Å². The molecule has 1 saturated heterocycles. The Kier molecular flexibility index (Phi) is 4.31. The molecule has 1 atom stereocenters. The maximum atomic E-state index is 6.48. The third-order valence-corrected chi connectivity index (χ3v) is 5.17. The van der Waals surface area contributed by atoms with E-state index in [2.05, 4.69) is 43.1 Å². The smallest absolute Gasteiger partial charge is 0.150 e. The Bertz CT molecular complexity index is 933. The van der Waals surface area contributed by atoms with Gasteiger partial charge in [0.1, 0.15) is 0 Å². The summed E-state index contributed by atoms with van der Waals surface area (Å²) in [6, 6.07) is 1.91. The van der Waals surface area contributed by atoms with Gasteiger partial charge in [-0.2, -0.15) is 10.2 Å². The van der Waals surface area contributed by atoms with Crippen molar-refractivity contribution in [2.75, 3.05) is 6.61 Å².